The monoisotopic (exact) mass is 439 g/mol. The Kier molecular flexibility index (Phi) is 5.58. The number of anilines is 1. The quantitative estimate of drug-likeness (QED) is 0.606. The molecule has 150 valence electrons. The largest absolute Gasteiger partial charge is 0.328 e. The fourth-order valence-corrected chi connectivity index (χ4v) is 5.59. The normalized spacial score (nSPS) is 12.1. The van der Waals surface area contributed by atoms with E-state index in [9.17, 15) is 13.2 Å². The first-order valence-electron chi connectivity index (χ1n) is 8.66. The second-order valence-corrected chi connectivity index (χ2v) is 10.6. The fraction of sp³-hybridized carbons (Fsp3) is 0.316. The number of halogens is 1. The zero-order chi connectivity index (χ0) is 20.8. The molecular weight excluding hydrogens is 418 g/mol. The second kappa shape index (κ2) is 7.50. The molecule has 0 fully saturated rings. The highest BCUT2D eigenvalue weighted by Gasteiger charge is 2.21. The van der Waals surface area contributed by atoms with Crippen molar-refractivity contribution in [2.75, 3.05) is 4.72 Å². The first-order valence-corrected chi connectivity index (χ1v) is 11.4. The van der Waals surface area contributed by atoms with Crippen molar-refractivity contribution in [2.45, 2.75) is 35.8 Å². The molecule has 0 aliphatic carbocycles. The van der Waals surface area contributed by atoms with Crippen molar-refractivity contribution in [3.63, 3.8) is 0 Å². The minimum Gasteiger partial charge on any atom is -0.295 e. The SMILES string of the molecule is Cc1cc(Cl)ccc1S(=O)(=O)Nc1cc2c(cc1SC(C)C)n(C)c(=O)n2C. The summed E-state index contributed by atoms with van der Waals surface area (Å²) in [6.07, 6.45) is 0. The third kappa shape index (κ3) is 3.81. The maximum absolute atomic E-state index is 13.0. The van der Waals surface area contributed by atoms with Gasteiger partial charge in [-0.25, -0.2) is 13.2 Å². The first-order chi connectivity index (χ1) is 13.0. The van der Waals surface area contributed by atoms with Gasteiger partial charge in [0.05, 0.1) is 21.6 Å². The van der Waals surface area contributed by atoms with Crippen molar-refractivity contribution >= 4 is 50.1 Å². The molecule has 28 heavy (non-hydrogen) atoms. The Morgan fingerprint density at radius 3 is 2.25 bits per heavy atom. The number of benzene rings is 2. The van der Waals surface area contributed by atoms with Crippen molar-refractivity contribution < 1.29 is 8.42 Å². The van der Waals surface area contributed by atoms with E-state index in [1.807, 2.05) is 19.9 Å². The van der Waals surface area contributed by atoms with E-state index in [0.717, 1.165) is 10.4 Å². The summed E-state index contributed by atoms with van der Waals surface area (Å²) in [5.74, 6) is 0. The van der Waals surface area contributed by atoms with Gasteiger partial charge in [0, 0.05) is 29.3 Å². The third-order valence-electron chi connectivity index (χ3n) is 4.41. The van der Waals surface area contributed by atoms with Gasteiger partial charge in [0.1, 0.15) is 0 Å². The number of aromatic nitrogens is 2. The zero-order valence-corrected chi connectivity index (χ0v) is 18.7. The lowest BCUT2D eigenvalue weighted by atomic mass is 10.2. The van der Waals surface area contributed by atoms with Crippen LogP contribution in [0.1, 0.15) is 19.4 Å². The summed E-state index contributed by atoms with van der Waals surface area (Å²) in [4.78, 5) is 13.2. The van der Waals surface area contributed by atoms with Gasteiger partial charge in [0.2, 0.25) is 0 Å². The average Bonchev–Trinajstić information content (AvgIpc) is 2.78. The molecule has 1 N–H and O–H groups in total. The smallest absolute Gasteiger partial charge is 0.295 e. The topological polar surface area (TPSA) is 73.1 Å². The summed E-state index contributed by atoms with van der Waals surface area (Å²) in [5.41, 5.74) is 2.25. The maximum atomic E-state index is 13.0. The molecule has 0 radical (unpaired) electrons. The number of thioether (sulfide) groups is 1. The Hall–Kier alpha value is -1.90. The lowest BCUT2D eigenvalue weighted by molar-refractivity contribution is 0.600. The Morgan fingerprint density at radius 2 is 1.68 bits per heavy atom. The standard InChI is InChI=1S/C19H22ClN3O3S2/c1-11(2)27-17-10-16-15(22(4)19(24)23(16)5)9-14(17)21-28(25,26)18-7-6-13(20)8-12(18)3/h6-11,21H,1-5H3. The van der Waals surface area contributed by atoms with E-state index in [-0.39, 0.29) is 15.8 Å². The van der Waals surface area contributed by atoms with Crippen LogP contribution in [0.3, 0.4) is 0 Å². The van der Waals surface area contributed by atoms with Crippen LogP contribution in [-0.4, -0.2) is 22.8 Å². The predicted molar refractivity (Wildman–Crippen MR) is 116 cm³/mol. The van der Waals surface area contributed by atoms with Gasteiger partial charge >= 0.3 is 5.69 Å². The lowest BCUT2D eigenvalue weighted by Crippen LogP contribution is -2.19. The average molecular weight is 440 g/mol. The van der Waals surface area contributed by atoms with Gasteiger partial charge in [0.15, 0.2) is 0 Å². The van der Waals surface area contributed by atoms with Crippen LogP contribution in [0.5, 0.6) is 0 Å². The van der Waals surface area contributed by atoms with Crippen LogP contribution in [0.2, 0.25) is 5.02 Å². The zero-order valence-electron chi connectivity index (χ0n) is 16.3. The van der Waals surface area contributed by atoms with Gasteiger partial charge in [0.25, 0.3) is 10.0 Å². The minimum absolute atomic E-state index is 0.163. The summed E-state index contributed by atoms with van der Waals surface area (Å²) in [6, 6.07) is 8.23. The molecular formula is C19H22ClN3O3S2. The van der Waals surface area contributed by atoms with E-state index < -0.39 is 10.0 Å². The molecule has 0 atom stereocenters. The van der Waals surface area contributed by atoms with Crippen molar-refractivity contribution in [1.29, 1.82) is 0 Å². The van der Waals surface area contributed by atoms with Crippen molar-refractivity contribution in [1.82, 2.24) is 9.13 Å². The van der Waals surface area contributed by atoms with Gasteiger partial charge < -0.3 is 0 Å². The van der Waals surface area contributed by atoms with Crippen LogP contribution >= 0.6 is 23.4 Å². The van der Waals surface area contributed by atoms with Gasteiger partial charge in [-0.2, -0.15) is 0 Å². The highest BCUT2D eigenvalue weighted by molar-refractivity contribution is 8.00. The molecule has 0 aliphatic heterocycles. The maximum Gasteiger partial charge on any atom is 0.328 e. The Bertz CT molecular complexity index is 1230. The lowest BCUT2D eigenvalue weighted by Gasteiger charge is -2.16. The molecule has 0 saturated heterocycles. The molecule has 0 aliphatic rings. The highest BCUT2D eigenvalue weighted by Crippen LogP contribution is 2.35. The summed E-state index contributed by atoms with van der Waals surface area (Å²) in [5, 5.41) is 0.715. The second-order valence-electron chi connectivity index (χ2n) is 6.92. The molecule has 1 heterocycles. The van der Waals surface area contributed by atoms with Gasteiger partial charge in [-0.05, 0) is 42.8 Å². The molecule has 0 bridgehead atoms. The van der Waals surface area contributed by atoms with E-state index in [2.05, 4.69) is 4.72 Å². The van der Waals surface area contributed by atoms with Crippen molar-refractivity contribution in [3.05, 3.63) is 51.4 Å². The molecule has 0 unspecified atom stereocenters. The van der Waals surface area contributed by atoms with Crippen LogP contribution in [0.4, 0.5) is 5.69 Å². The summed E-state index contributed by atoms with van der Waals surface area (Å²) in [6.45, 7) is 5.76. The molecule has 2 aromatic carbocycles. The molecule has 1 aromatic heterocycles. The number of nitrogens with zero attached hydrogens (tertiary/aromatic N) is 2. The Labute approximate surface area is 173 Å². The van der Waals surface area contributed by atoms with Gasteiger partial charge in [-0.3, -0.25) is 13.9 Å². The minimum atomic E-state index is -3.82. The van der Waals surface area contributed by atoms with Crippen LogP contribution in [0.25, 0.3) is 11.0 Å². The van der Waals surface area contributed by atoms with E-state index >= 15 is 0 Å². The molecule has 9 heteroatoms. The number of hydrogen-bond acceptors (Lipinski definition) is 4. The summed E-state index contributed by atoms with van der Waals surface area (Å²) >= 11 is 7.49. The van der Waals surface area contributed by atoms with Gasteiger partial charge in [-0.1, -0.05) is 25.4 Å². The molecule has 0 spiro atoms. The van der Waals surface area contributed by atoms with E-state index in [0.29, 0.717) is 21.8 Å². The molecule has 0 amide bonds. The van der Waals surface area contributed by atoms with Crippen LogP contribution < -0.4 is 10.4 Å². The number of aryl methyl sites for hydroxylation is 3. The van der Waals surface area contributed by atoms with Crippen molar-refractivity contribution in [2.24, 2.45) is 14.1 Å². The van der Waals surface area contributed by atoms with E-state index in [1.54, 1.807) is 43.8 Å². The van der Waals surface area contributed by atoms with E-state index in [4.69, 9.17) is 11.6 Å². The molecule has 6 nitrogen and oxygen atoms in total. The van der Waals surface area contributed by atoms with Crippen molar-refractivity contribution in [3.8, 4) is 0 Å². The molecule has 3 rings (SSSR count). The number of fused-ring (bicyclic) bond motifs is 1. The number of rotatable bonds is 5. The number of nitrogens with one attached hydrogen (secondary N) is 1. The summed E-state index contributed by atoms with van der Waals surface area (Å²) < 4.78 is 31.8. The predicted octanol–water partition coefficient (Wildman–Crippen LogP) is 4.14. The number of sulfonamides is 1. The first kappa shape index (κ1) is 20.8. The van der Waals surface area contributed by atoms with Crippen LogP contribution in [-0.2, 0) is 24.1 Å². The van der Waals surface area contributed by atoms with Gasteiger partial charge in [-0.15, -0.1) is 11.8 Å². The molecule has 0 saturated carbocycles. The molecule has 3 aromatic rings. The highest BCUT2D eigenvalue weighted by atomic mass is 35.5. The van der Waals surface area contributed by atoms with Crippen LogP contribution in [0, 0.1) is 6.92 Å². The summed E-state index contributed by atoms with van der Waals surface area (Å²) in [7, 11) is -0.448. The van der Waals surface area contributed by atoms with E-state index in [1.165, 1.54) is 22.4 Å². The van der Waals surface area contributed by atoms with Crippen LogP contribution in [0.15, 0.2) is 44.9 Å². The Balaban J connectivity index is 2.17. The number of hydrogen-bond donors (Lipinski definition) is 1. The fourth-order valence-electron chi connectivity index (χ4n) is 3.07. The Morgan fingerprint density at radius 1 is 1.07 bits per heavy atom. The third-order valence-corrected chi connectivity index (χ3v) is 7.23. The number of imidazole rings is 1.